The van der Waals surface area contributed by atoms with Crippen molar-refractivity contribution in [3.63, 3.8) is 0 Å². The van der Waals surface area contributed by atoms with Gasteiger partial charge in [0.25, 0.3) is 0 Å². The number of nitrogens with zero attached hydrogens (tertiary/aromatic N) is 5. The number of aryl methyl sites for hydroxylation is 1. The Kier molecular flexibility index (Phi) is 5.09. The van der Waals surface area contributed by atoms with E-state index in [-0.39, 0.29) is 12.1 Å². The van der Waals surface area contributed by atoms with E-state index >= 15 is 0 Å². The third-order valence-electron chi connectivity index (χ3n) is 4.90. The van der Waals surface area contributed by atoms with Gasteiger partial charge in [0.15, 0.2) is 17.0 Å². The van der Waals surface area contributed by atoms with E-state index in [0.717, 1.165) is 24.9 Å². The highest BCUT2D eigenvalue weighted by Gasteiger charge is 2.23. The average molecular weight is 387 g/mol. The Morgan fingerprint density at radius 1 is 1.19 bits per heavy atom. The second kappa shape index (κ2) is 7.66. The Hall–Kier alpha value is -2.45. The molecule has 1 aliphatic rings. The molecule has 2 heterocycles. The second-order valence-corrected chi connectivity index (χ2v) is 7.24. The lowest BCUT2D eigenvalue weighted by Gasteiger charge is -2.29. The Bertz CT molecular complexity index is 923. The zero-order valence-corrected chi connectivity index (χ0v) is 15.9. The predicted octanol–water partition coefficient (Wildman–Crippen LogP) is 3.32. The fraction of sp³-hybridized carbons (Fsp3) is 0.444. The maximum absolute atomic E-state index is 6.28. The largest absolute Gasteiger partial charge is 0.350 e. The van der Waals surface area contributed by atoms with Gasteiger partial charge in [0, 0.05) is 29.3 Å². The minimum atomic E-state index is 0.111. The Morgan fingerprint density at radius 3 is 2.70 bits per heavy atom. The van der Waals surface area contributed by atoms with Crippen molar-refractivity contribution in [3.8, 4) is 0 Å². The molecule has 4 rings (SSSR count). The molecule has 0 aliphatic heterocycles. The molecule has 0 saturated heterocycles. The molecule has 4 N–H and O–H groups in total. The molecule has 0 spiro atoms. The molecule has 2 aromatic heterocycles. The van der Waals surface area contributed by atoms with Crippen LogP contribution >= 0.6 is 11.6 Å². The van der Waals surface area contributed by atoms with Crippen molar-refractivity contribution in [2.75, 3.05) is 10.6 Å². The summed E-state index contributed by atoms with van der Waals surface area (Å²) < 4.78 is 1.76. The molecule has 2 atom stereocenters. The summed E-state index contributed by atoms with van der Waals surface area (Å²) in [6, 6.07) is 7.72. The molecule has 1 aliphatic carbocycles. The molecular formula is C18H23ClN8. The van der Waals surface area contributed by atoms with Crippen LogP contribution in [0.5, 0.6) is 0 Å². The smallest absolute Gasteiger partial charge is 0.227 e. The molecule has 3 aromatic rings. The quantitative estimate of drug-likeness (QED) is 0.617. The van der Waals surface area contributed by atoms with Crippen LogP contribution in [0.1, 0.15) is 32.6 Å². The lowest BCUT2D eigenvalue weighted by atomic mass is 9.91. The van der Waals surface area contributed by atoms with Crippen LogP contribution in [0.15, 0.2) is 24.3 Å². The maximum atomic E-state index is 6.28. The predicted molar refractivity (Wildman–Crippen MR) is 107 cm³/mol. The number of anilines is 3. The lowest BCUT2D eigenvalue weighted by Crippen LogP contribution is -2.43. The molecular weight excluding hydrogens is 364 g/mol. The minimum absolute atomic E-state index is 0.111. The van der Waals surface area contributed by atoms with Crippen LogP contribution in [0, 0.1) is 0 Å². The normalized spacial score (nSPS) is 20.0. The van der Waals surface area contributed by atoms with Gasteiger partial charge >= 0.3 is 0 Å². The molecule has 1 fully saturated rings. The van der Waals surface area contributed by atoms with Crippen LogP contribution in [0.3, 0.4) is 0 Å². The molecule has 27 heavy (non-hydrogen) atoms. The standard InChI is InChI=1S/C18H23ClN8/c1-2-27-17-15(25-26-27)16(21-12-9-7-11(19)8-10-12)23-18(24-17)22-14-6-4-3-5-13(14)20/h7-10,13-14H,2-6,20H2,1H3,(H2,21,22,23,24). The molecule has 0 bridgehead atoms. The monoisotopic (exact) mass is 386 g/mol. The van der Waals surface area contributed by atoms with Crippen molar-refractivity contribution in [1.29, 1.82) is 0 Å². The van der Waals surface area contributed by atoms with Gasteiger partial charge in [-0.3, -0.25) is 0 Å². The fourth-order valence-corrected chi connectivity index (χ4v) is 3.52. The molecule has 0 amide bonds. The highest BCUT2D eigenvalue weighted by atomic mass is 35.5. The van der Waals surface area contributed by atoms with E-state index in [1.807, 2.05) is 31.2 Å². The summed E-state index contributed by atoms with van der Waals surface area (Å²) in [6.45, 7) is 2.68. The molecule has 2 unspecified atom stereocenters. The number of benzene rings is 1. The van der Waals surface area contributed by atoms with Crippen molar-refractivity contribution in [2.45, 2.75) is 51.2 Å². The average Bonchev–Trinajstić information content (AvgIpc) is 3.09. The molecule has 1 saturated carbocycles. The maximum Gasteiger partial charge on any atom is 0.227 e. The first-order chi connectivity index (χ1) is 13.1. The number of fused-ring (bicyclic) bond motifs is 1. The number of halogens is 1. The van der Waals surface area contributed by atoms with E-state index in [4.69, 9.17) is 17.3 Å². The SMILES string of the molecule is CCn1nnc2c(Nc3ccc(Cl)cc3)nc(NC3CCCCC3N)nc21. The van der Waals surface area contributed by atoms with E-state index in [9.17, 15) is 0 Å². The number of aromatic nitrogens is 5. The van der Waals surface area contributed by atoms with Gasteiger partial charge in [0.1, 0.15) is 0 Å². The Balaban J connectivity index is 1.70. The van der Waals surface area contributed by atoms with Crippen LogP contribution in [0.4, 0.5) is 17.5 Å². The van der Waals surface area contributed by atoms with E-state index in [1.165, 1.54) is 6.42 Å². The first-order valence-corrected chi connectivity index (χ1v) is 9.68. The van der Waals surface area contributed by atoms with Gasteiger partial charge < -0.3 is 16.4 Å². The van der Waals surface area contributed by atoms with Crippen molar-refractivity contribution in [3.05, 3.63) is 29.3 Å². The topological polar surface area (TPSA) is 107 Å². The second-order valence-electron chi connectivity index (χ2n) is 6.80. The van der Waals surface area contributed by atoms with Gasteiger partial charge in [-0.1, -0.05) is 29.7 Å². The van der Waals surface area contributed by atoms with Gasteiger partial charge in [-0.15, -0.1) is 5.10 Å². The highest BCUT2D eigenvalue weighted by molar-refractivity contribution is 6.30. The van der Waals surface area contributed by atoms with Gasteiger partial charge in [-0.25, -0.2) is 4.68 Å². The van der Waals surface area contributed by atoms with E-state index in [1.54, 1.807) is 4.68 Å². The van der Waals surface area contributed by atoms with Crippen molar-refractivity contribution in [1.82, 2.24) is 25.0 Å². The zero-order chi connectivity index (χ0) is 18.8. The summed E-state index contributed by atoms with van der Waals surface area (Å²) in [6.07, 6.45) is 4.38. The van der Waals surface area contributed by atoms with Crippen LogP contribution < -0.4 is 16.4 Å². The van der Waals surface area contributed by atoms with E-state index in [0.29, 0.717) is 34.5 Å². The van der Waals surface area contributed by atoms with Crippen molar-refractivity contribution in [2.24, 2.45) is 5.73 Å². The summed E-state index contributed by atoms with van der Waals surface area (Å²) in [5, 5.41) is 15.8. The number of nitrogens with two attached hydrogens (primary N) is 1. The van der Waals surface area contributed by atoms with Gasteiger partial charge in [0.05, 0.1) is 0 Å². The van der Waals surface area contributed by atoms with Crippen LogP contribution in [0.2, 0.25) is 5.02 Å². The lowest BCUT2D eigenvalue weighted by molar-refractivity contribution is 0.402. The number of hydrogen-bond acceptors (Lipinski definition) is 7. The third-order valence-corrected chi connectivity index (χ3v) is 5.16. The first-order valence-electron chi connectivity index (χ1n) is 9.30. The molecule has 0 radical (unpaired) electrons. The molecule has 8 nitrogen and oxygen atoms in total. The molecule has 1 aromatic carbocycles. The van der Waals surface area contributed by atoms with Crippen molar-refractivity contribution < 1.29 is 0 Å². The Labute approximate surface area is 162 Å². The fourth-order valence-electron chi connectivity index (χ4n) is 3.40. The molecule has 9 heteroatoms. The zero-order valence-electron chi connectivity index (χ0n) is 15.2. The third kappa shape index (κ3) is 3.81. The summed E-state index contributed by atoms with van der Waals surface area (Å²) in [4.78, 5) is 9.31. The van der Waals surface area contributed by atoms with Crippen LogP contribution in [0.25, 0.3) is 11.2 Å². The van der Waals surface area contributed by atoms with Gasteiger partial charge in [0.2, 0.25) is 5.95 Å². The number of nitrogens with one attached hydrogen (secondary N) is 2. The summed E-state index contributed by atoms with van der Waals surface area (Å²) in [5.74, 6) is 1.15. The minimum Gasteiger partial charge on any atom is -0.350 e. The summed E-state index contributed by atoms with van der Waals surface area (Å²) >= 11 is 5.98. The number of hydrogen-bond donors (Lipinski definition) is 3. The number of rotatable bonds is 5. The molecule has 142 valence electrons. The highest BCUT2D eigenvalue weighted by Crippen LogP contribution is 2.26. The van der Waals surface area contributed by atoms with Gasteiger partial charge in [-0.2, -0.15) is 9.97 Å². The van der Waals surface area contributed by atoms with Crippen LogP contribution in [-0.2, 0) is 6.54 Å². The van der Waals surface area contributed by atoms with Crippen LogP contribution in [-0.4, -0.2) is 37.0 Å². The van der Waals surface area contributed by atoms with E-state index < -0.39 is 0 Å². The van der Waals surface area contributed by atoms with Crippen molar-refractivity contribution >= 4 is 40.2 Å². The summed E-state index contributed by atoms with van der Waals surface area (Å²) in [7, 11) is 0. The first kappa shape index (κ1) is 17.9. The summed E-state index contributed by atoms with van der Waals surface area (Å²) in [5.41, 5.74) is 8.46. The van der Waals surface area contributed by atoms with E-state index in [2.05, 4.69) is 30.9 Å². The van der Waals surface area contributed by atoms with Gasteiger partial charge in [-0.05, 0) is 44.0 Å². The Morgan fingerprint density at radius 2 is 1.96 bits per heavy atom.